The fourth-order valence-corrected chi connectivity index (χ4v) is 3.65. The summed E-state index contributed by atoms with van der Waals surface area (Å²) in [6.07, 6.45) is 2.46. The van der Waals surface area contributed by atoms with E-state index in [0.717, 1.165) is 24.3 Å². The summed E-state index contributed by atoms with van der Waals surface area (Å²) < 4.78 is 5.72. The monoisotopic (exact) mass is 398 g/mol. The molecule has 10 heteroatoms. The van der Waals surface area contributed by atoms with Gasteiger partial charge in [0, 0.05) is 5.69 Å². The number of aryl methyl sites for hydroxylation is 1. The largest absolute Gasteiger partial charge is 0.415 e. The Morgan fingerprint density at radius 1 is 1.14 bits per heavy atom. The number of nitrogens with two attached hydrogens (primary N) is 1. The highest BCUT2D eigenvalue weighted by molar-refractivity contribution is 7.98. The zero-order chi connectivity index (χ0) is 19.3. The van der Waals surface area contributed by atoms with Crippen molar-refractivity contribution < 1.29 is 4.42 Å². The highest BCUT2D eigenvalue weighted by Crippen LogP contribution is 2.23. The van der Waals surface area contributed by atoms with Crippen molar-refractivity contribution in [1.29, 1.82) is 0 Å². The molecular formula is C18H22N8OS. The zero-order valence-electron chi connectivity index (χ0n) is 15.6. The van der Waals surface area contributed by atoms with Gasteiger partial charge in [0.05, 0.1) is 12.3 Å². The number of para-hydroxylation sites is 1. The van der Waals surface area contributed by atoms with Gasteiger partial charge in [-0.3, -0.25) is 4.90 Å². The fraction of sp³-hybridized carbons (Fsp3) is 0.389. The Labute approximate surface area is 167 Å². The van der Waals surface area contributed by atoms with Crippen LogP contribution in [0.15, 0.2) is 33.9 Å². The van der Waals surface area contributed by atoms with Crippen LogP contribution in [0.3, 0.4) is 0 Å². The molecule has 0 saturated carbocycles. The number of benzene rings is 1. The lowest BCUT2D eigenvalue weighted by molar-refractivity contribution is 0.278. The van der Waals surface area contributed by atoms with Gasteiger partial charge in [0.2, 0.25) is 17.8 Å². The molecule has 3 aromatic rings. The molecular weight excluding hydrogens is 376 g/mol. The average Bonchev–Trinajstić information content (AvgIpc) is 3.34. The summed E-state index contributed by atoms with van der Waals surface area (Å²) in [5.41, 5.74) is 7.86. The summed E-state index contributed by atoms with van der Waals surface area (Å²) in [4.78, 5) is 15.1. The predicted molar refractivity (Wildman–Crippen MR) is 107 cm³/mol. The van der Waals surface area contributed by atoms with E-state index >= 15 is 0 Å². The third-order valence-electron chi connectivity index (χ3n) is 4.42. The van der Waals surface area contributed by atoms with E-state index in [4.69, 9.17) is 10.2 Å². The van der Waals surface area contributed by atoms with Gasteiger partial charge >= 0.3 is 0 Å². The summed E-state index contributed by atoms with van der Waals surface area (Å²) >= 11 is 1.38. The second-order valence-corrected chi connectivity index (χ2v) is 7.53. The van der Waals surface area contributed by atoms with Crippen LogP contribution in [0.1, 0.15) is 30.1 Å². The summed E-state index contributed by atoms with van der Waals surface area (Å²) in [7, 11) is 0. The molecule has 146 valence electrons. The van der Waals surface area contributed by atoms with E-state index in [9.17, 15) is 0 Å². The Morgan fingerprint density at radius 2 is 1.96 bits per heavy atom. The molecule has 0 unspecified atom stereocenters. The van der Waals surface area contributed by atoms with Crippen LogP contribution >= 0.6 is 11.8 Å². The maximum absolute atomic E-state index is 5.85. The van der Waals surface area contributed by atoms with E-state index in [2.05, 4.69) is 35.4 Å². The minimum absolute atomic E-state index is 0.168. The Kier molecular flexibility index (Phi) is 5.68. The van der Waals surface area contributed by atoms with Crippen molar-refractivity contribution in [2.45, 2.75) is 37.3 Å². The molecule has 3 N–H and O–H groups in total. The van der Waals surface area contributed by atoms with Gasteiger partial charge in [0.25, 0.3) is 5.22 Å². The number of likely N-dealkylation sites (tertiary alicyclic amines) is 1. The van der Waals surface area contributed by atoms with Crippen molar-refractivity contribution >= 4 is 29.3 Å². The van der Waals surface area contributed by atoms with Crippen molar-refractivity contribution in [2.24, 2.45) is 0 Å². The molecule has 3 heterocycles. The Balaban J connectivity index is 1.39. The number of anilines is 3. The van der Waals surface area contributed by atoms with E-state index in [0.29, 0.717) is 35.2 Å². The standard InChI is InChI=1S/C18H22N8OS/c1-12-6-2-3-7-13(12)20-17-22-14(21-16(19)23-17)11-28-18-25-24-15(27-18)10-26-8-4-5-9-26/h2-3,6-7H,4-5,8-11H2,1H3,(H3,19,20,21,22,23). The lowest BCUT2D eigenvalue weighted by atomic mass is 10.2. The molecule has 1 fully saturated rings. The van der Waals surface area contributed by atoms with Crippen molar-refractivity contribution in [2.75, 3.05) is 24.1 Å². The second-order valence-electron chi connectivity index (χ2n) is 6.61. The van der Waals surface area contributed by atoms with Crippen LogP contribution in [0.2, 0.25) is 0 Å². The number of rotatable bonds is 7. The van der Waals surface area contributed by atoms with E-state index in [1.165, 1.54) is 24.6 Å². The molecule has 1 aliphatic heterocycles. The van der Waals surface area contributed by atoms with Crippen LogP contribution in [-0.2, 0) is 12.3 Å². The summed E-state index contributed by atoms with van der Waals surface area (Å²) in [6.45, 7) is 4.90. The molecule has 0 amide bonds. The smallest absolute Gasteiger partial charge is 0.277 e. The van der Waals surface area contributed by atoms with Gasteiger partial charge in [-0.25, -0.2) is 0 Å². The first-order valence-corrected chi connectivity index (χ1v) is 10.1. The van der Waals surface area contributed by atoms with Gasteiger partial charge in [-0.2, -0.15) is 15.0 Å². The molecule has 1 saturated heterocycles. The van der Waals surface area contributed by atoms with Crippen molar-refractivity contribution in [3.05, 3.63) is 41.5 Å². The number of hydrogen-bond acceptors (Lipinski definition) is 10. The van der Waals surface area contributed by atoms with Gasteiger partial charge in [0.1, 0.15) is 5.82 Å². The number of nitrogens with one attached hydrogen (secondary N) is 1. The minimum atomic E-state index is 0.168. The molecule has 0 spiro atoms. The lowest BCUT2D eigenvalue weighted by Gasteiger charge is -2.10. The second kappa shape index (κ2) is 8.53. The van der Waals surface area contributed by atoms with Crippen LogP contribution in [-0.4, -0.2) is 43.1 Å². The van der Waals surface area contributed by atoms with Gasteiger partial charge in [-0.1, -0.05) is 30.0 Å². The highest BCUT2D eigenvalue weighted by atomic mass is 32.2. The van der Waals surface area contributed by atoms with Crippen LogP contribution in [0.4, 0.5) is 17.6 Å². The molecule has 0 bridgehead atoms. The Morgan fingerprint density at radius 3 is 2.79 bits per heavy atom. The molecule has 0 atom stereocenters. The normalized spacial score (nSPS) is 14.5. The van der Waals surface area contributed by atoms with Crippen molar-refractivity contribution in [3.8, 4) is 0 Å². The first kappa shape index (κ1) is 18.6. The Bertz CT molecular complexity index is 941. The quantitative estimate of drug-likeness (QED) is 0.575. The molecule has 4 rings (SSSR count). The van der Waals surface area contributed by atoms with Crippen LogP contribution < -0.4 is 11.1 Å². The Hall–Kier alpha value is -2.72. The van der Waals surface area contributed by atoms with Crippen LogP contribution in [0.25, 0.3) is 0 Å². The summed E-state index contributed by atoms with van der Waals surface area (Å²) in [5.74, 6) is 2.23. The topological polar surface area (TPSA) is 119 Å². The fourth-order valence-electron chi connectivity index (χ4n) is 3.01. The number of thioether (sulfide) groups is 1. The zero-order valence-corrected chi connectivity index (χ0v) is 16.4. The first-order valence-electron chi connectivity index (χ1n) is 9.16. The average molecular weight is 398 g/mol. The van der Waals surface area contributed by atoms with Gasteiger partial charge < -0.3 is 15.5 Å². The third kappa shape index (κ3) is 4.76. The third-order valence-corrected chi connectivity index (χ3v) is 5.24. The predicted octanol–water partition coefficient (Wildman–Crippen LogP) is 2.78. The molecule has 2 aromatic heterocycles. The van der Waals surface area contributed by atoms with Crippen molar-refractivity contribution in [3.63, 3.8) is 0 Å². The van der Waals surface area contributed by atoms with Crippen molar-refractivity contribution in [1.82, 2.24) is 30.0 Å². The number of nitrogens with zero attached hydrogens (tertiary/aromatic N) is 6. The van der Waals surface area contributed by atoms with Gasteiger partial charge in [0.15, 0.2) is 0 Å². The molecule has 9 nitrogen and oxygen atoms in total. The van der Waals surface area contributed by atoms with Crippen LogP contribution in [0.5, 0.6) is 0 Å². The first-order chi connectivity index (χ1) is 13.7. The molecule has 28 heavy (non-hydrogen) atoms. The maximum atomic E-state index is 5.85. The van der Waals surface area contributed by atoms with Gasteiger partial charge in [-0.05, 0) is 44.5 Å². The molecule has 0 radical (unpaired) electrons. The van der Waals surface area contributed by atoms with Crippen LogP contribution in [0, 0.1) is 6.92 Å². The minimum Gasteiger partial charge on any atom is -0.415 e. The lowest BCUT2D eigenvalue weighted by Crippen LogP contribution is -2.18. The van der Waals surface area contributed by atoms with E-state index in [1.54, 1.807) is 0 Å². The van der Waals surface area contributed by atoms with Gasteiger partial charge in [-0.15, -0.1) is 10.2 Å². The molecule has 1 aliphatic rings. The van der Waals surface area contributed by atoms with E-state index in [-0.39, 0.29) is 5.95 Å². The number of aromatic nitrogens is 5. The SMILES string of the molecule is Cc1ccccc1Nc1nc(N)nc(CSc2nnc(CN3CCCC3)o2)n1. The number of hydrogen-bond donors (Lipinski definition) is 2. The summed E-state index contributed by atoms with van der Waals surface area (Å²) in [5, 5.41) is 11.9. The summed E-state index contributed by atoms with van der Waals surface area (Å²) in [6, 6.07) is 7.90. The van der Waals surface area contributed by atoms with E-state index < -0.39 is 0 Å². The maximum Gasteiger partial charge on any atom is 0.277 e. The number of nitrogen functional groups attached to an aromatic ring is 1. The van der Waals surface area contributed by atoms with E-state index in [1.807, 2.05) is 31.2 Å². The molecule has 0 aliphatic carbocycles. The molecule has 1 aromatic carbocycles. The highest BCUT2D eigenvalue weighted by Gasteiger charge is 2.16.